The fourth-order valence-electron chi connectivity index (χ4n) is 4.54. The van der Waals surface area contributed by atoms with Crippen LogP contribution in [0.1, 0.15) is 24.3 Å². The lowest BCUT2D eigenvalue weighted by Gasteiger charge is -2.30. The zero-order chi connectivity index (χ0) is 26.2. The van der Waals surface area contributed by atoms with Crippen molar-refractivity contribution >= 4 is 43.9 Å². The molecule has 3 aromatic carbocycles. The molecule has 0 aliphatic carbocycles. The summed E-state index contributed by atoms with van der Waals surface area (Å²) in [6, 6.07) is 25.2. The topological polar surface area (TPSA) is 92.1 Å². The van der Waals surface area contributed by atoms with Crippen molar-refractivity contribution < 1.29 is 18.3 Å². The van der Waals surface area contributed by atoms with E-state index in [9.17, 15) is 13.5 Å². The largest absolute Gasteiger partial charge is 0.370 e. The van der Waals surface area contributed by atoms with Crippen LogP contribution in [0.4, 0.5) is 5.69 Å². The molecule has 0 bridgehead atoms. The van der Waals surface area contributed by atoms with E-state index in [4.69, 9.17) is 26.3 Å². The first kappa shape index (κ1) is 25.4. The first-order valence-electron chi connectivity index (χ1n) is 11.8. The number of aromatic nitrogens is 1. The molecule has 190 valence electrons. The van der Waals surface area contributed by atoms with Gasteiger partial charge in [0.25, 0.3) is 0 Å². The lowest BCUT2D eigenvalue weighted by atomic mass is 10.0. The van der Waals surface area contributed by atoms with E-state index in [1.165, 1.54) is 7.11 Å². The molecule has 0 saturated carbocycles. The maximum absolute atomic E-state index is 12.3. The number of methoxy groups -OCH3 is 1. The number of halogens is 1. The van der Waals surface area contributed by atoms with E-state index in [1.807, 2.05) is 53.4 Å². The Labute approximate surface area is 220 Å². The average molecular weight is 536 g/mol. The van der Waals surface area contributed by atoms with E-state index in [-0.39, 0.29) is 17.2 Å². The molecule has 0 amide bonds. The number of hydrogen-bond acceptors (Lipinski definition) is 7. The van der Waals surface area contributed by atoms with E-state index >= 15 is 0 Å². The van der Waals surface area contributed by atoms with Crippen molar-refractivity contribution in [3.05, 3.63) is 101 Å². The van der Waals surface area contributed by atoms with Crippen LogP contribution in [0.15, 0.2) is 94.8 Å². The molecule has 2 atom stereocenters. The van der Waals surface area contributed by atoms with Crippen molar-refractivity contribution in [3.63, 3.8) is 0 Å². The molecule has 0 saturated heterocycles. The maximum atomic E-state index is 12.3. The molecule has 1 aliphatic rings. The molecule has 1 aromatic heterocycles. The minimum atomic E-state index is -3.34. The van der Waals surface area contributed by atoms with Gasteiger partial charge in [0, 0.05) is 28.8 Å². The average Bonchev–Trinajstić information content (AvgIpc) is 3.27. The summed E-state index contributed by atoms with van der Waals surface area (Å²) in [5.41, 5.74) is 1.09. The highest BCUT2D eigenvalue weighted by atomic mass is 35.5. The van der Waals surface area contributed by atoms with E-state index in [0.29, 0.717) is 22.2 Å². The van der Waals surface area contributed by atoms with E-state index in [1.54, 1.807) is 43.3 Å². The monoisotopic (exact) mass is 535 g/mol. The van der Waals surface area contributed by atoms with Crippen LogP contribution in [-0.2, 0) is 14.6 Å². The highest BCUT2D eigenvalue weighted by molar-refractivity contribution is 7.91. The number of β-amino-alcohol motifs (C(OH)–C–C–N with tert-alkyl or cyclic N) is 1. The predicted molar refractivity (Wildman–Crippen MR) is 146 cm³/mol. The number of anilines is 1. The molecular weight excluding hydrogens is 510 g/mol. The number of ether oxygens (including phenoxy) is 1. The number of aliphatic imine (C=N–C) groups is 1. The van der Waals surface area contributed by atoms with Crippen LogP contribution < -0.4 is 4.90 Å². The van der Waals surface area contributed by atoms with E-state index < -0.39 is 21.7 Å². The van der Waals surface area contributed by atoms with Gasteiger partial charge in [-0.3, -0.25) is 0 Å². The molecular formula is C28H26ClN3O4S. The number of fused-ring (bicyclic) bond motifs is 1. The maximum Gasteiger partial charge on any atom is 0.208 e. The molecule has 2 unspecified atom stereocenters. The normalized spacial score (nSPS) is 18.7. The molecule has 7 nitrogen and oxygen atoms in total. The Morgan fingerprint density at radius 3 is 2.41 bits per heavy atom. The zero-order valence-electron chi connectivity index (χ0n) is 20.4. The van der Waals surface area contributed by atoms with Gasteiger partial charge in [0.05, 0.1) is 28.4 Å². The second kappa shape index (κ2) is 9.87. The van der Waals surface area contributed by atoms with Crippen LogP contribution in [0, 0.1) is 0 Å². The highest BCUT2D eigenvalue weighted by Crippen LogP contribution is 2.38. The lowest BCUT2D eigenvalue weighted by molar-refractivity contribution is -0.0813. The fraction of sp³-hybridized carbons (Fsp3) is 0.214. The number of hydrogen-bond donors (Lipinski definition) is 1. The first-order chi connectivity index (χ1) is 17.7. The Balaban J connectivity index is 1.58. The Hall–Kier alpha value is -3.30. The summed E-state index contributed by atoms with van der Waals surface area (Å²) in [7, 11) is -1.83. The van der Waals surface area contributed by atoms with Crippen LogP contribution in [0.25, 0.3) is 10.9 Å². The van der Waals surface area contributed by atoms with Gasteiger partial charge >= 0.3 is 0 Å². The van der Waals surface area contributed by atoms with Gasteiger partial charge in [-0.05, 0) is 60.7 Å². The molecule has 1 N–H and O–H groups in total. The van der Waals surface area contributed by atoms with Gasteiger partial charge in [-0.1, -0.05) is 42.8 Å². The predicted octanol–water partition coefficient (Wildman–Crippen LogP) is 5.02. The fourth-order valence-corrected chi connectivity index (χ4v) is 5.55. The number of para-hydroxylation sites is 1. The van der Waals surface area contributed by atoms with Crippen molar-refractivity contribution in [2.75, 3.05) is 24.3 Å². The summed E-state index contributed by atoms with van der Waals surface area (Å²) in [6.45, 7) is 1.68. The summed E-state index contributed by atoms with van der Waals surface area (Å²) in [5.74, 6) is 0.523. The van der Waals surface area contributed by atoms with Gasteiger partial charge in [-0.15, -0.1) is 0 Å². The smallest absolute Gasteiger partial charge is 0.208 e. The number of pyridine rings is 1. The Bertz CT molecular complexity index is 1570. The van der Waals surface area contributed by atoms with Crippen LogP contribution in [0.3, 0.4) is 0 Å². The Morgan fingerprint density at radius 2 is 1.73 bits per heavy atom. The van der Waals surface area contributed by atoms with Gasteiger partial charge in [-0.2, -0.15) is 0 Å². The van der Waals surface area contributed by atoms with Gasteiger partial charge in [0.2, 0.25) is 5.72 Å². The quantitative estimate of drug-likeness (QED) is 0.357. The number of amidine groups is 1. The third kappa shape index (κ3) is 4.85. The van der Waals surface area contributed by atoms with Gasteiger partial charge in [0.15, 0.2) is 15.9 Å². The van der Waals surface area contributed by atoms with Crippen LogP contribution in [0.5, 0.6) is 0 Å². The minimum Gasteiger partial charge on any atom is -0.370 e. The molecule has 5 rings (SSSR count). The van der Waals surface area contributed by atoms with Crippen LogP contribution in [-0.4, -0.2) is 49.5 Å². The van der Waals surface area contributed by atoms with Gasteiger partial charge in [-0.25, -0.2) is 18.4 Å². The van der Waals surface area contributed by atoms with Crippen molar-refractivity contribution in [2.45, 2.75) is 23.6 Å². The second-order valence-electron chi connectivity index (χ2n) is 8.85. The summed E-state index contributed by atoms with van der Waals surface area (Å²) < 4.78 is 30.4. The molecule has 4 aromatic rings. The Kier molecular flexibility index (Phi) is 6.76. The summed E-state index contributed by atoms with van der Waals surface area (Å²) >= 11 is 6.11. The minimum absolute atomic E-state index is 0.0154. The van der Waals surface area contributed by atoms with E-state index in [2.05, 4.69) is 0 Å². The van der Waals surface area contributed by atoms with Gasteiger partial charge in [0.1, 0.15) is 5.84 Å². The van der Waals surface area contributed by atoms with Crippen molar-refractivity contribution in [2.24, 2.45) is 4.99 Å². The van der Waals surface area contributed by atoms with Crippen molar-refractivity contribution in [1.82, 2.24) is 4.98 Å². The third-order valence-electron chi connectivity index (χ3n) is 6.48. The number of rotatable bonds is 7. The molecule has 0 spiro atoms. The SMILES string of the molecule is CCS(=O)(=O)c1ccc(N2CC(O)(C(OC)c3ccc4ccccc4n3)N=C2c2ccc(Cl)cc2)cc1. The number of nitrogens with zero attached hydrogens (tertiary/aromatic N) is 3. The standard InChI is InChI=1S/C28H26ClN3O4S/c1-3-37(34,35)23-15-13-22(14-16-23)32-18-28(33,31-27(32)20-8-11-21(29)12-9-20)26(36-2)25-17-10-19-6-4-5-7-24(19)30-25/h4-17,26,33H,3,18H2,1-2H3. The molecule has 9 heteroatoms. The highest BCUT2D eigenvalue weighted by Gasteiger charge is 2.47. The number of sulfone groups is 1. The number of aliphatic hydroxyl groups is 1. The molecule has 0 radical (unpaired) electrons. The Morgan fingerprint density at radius 1 is 1.03 bits per heavy atom. The zero-order valence-corrected chi connectivity index (χ0v) is 21.9. The summed E-state index contributed by atoms with van der Waals surface area (Å²) in [6.07, 6.45) is -0.857. The lowest BCUT2D eigenvalue weighted by Crippen LogP contribution is -2.42. The molecule has 0 fully saturated rings. The molecule has 1 aliphatic heterocycles. The molecule has 2 heterocycles. The third-order valence-corrected chi connectivity index (χ3v) is 8.48. The molecule has 37 heavy (non-hydrogen) atoms. The summed E-state index contributed by atoms with van der Waals surface area (Å²) in [5, 5.41) is 13.5. The van der Waals surface area contributed by atoms with Crippen molar-refractivity contribution in [1.29, 1.82) is 0 Å². The first-order valence-corrected chi connectivity index (χ1v) is 13.8. The van der Waals surface area contributed by atoms with Crippen LogP contribution >= 0.6 is 11.6 Å². The number of benzene rings is 3. The van der Waals surface area contributed by atoms with Crippen LogP contribution in [0.2, 0.25) is 5.02 Å². The van der Waals surface area contributed by atoms with Gasteiger partial charge < -0.3 is 14.7 Å². The summed E-state index contributed by atoms with van der Waals surface area (Å²) in [4.78, 5) is 11.6. The van der Waals surface area contributed by atoms with E-state index in [0.717, 1.165) is 16.5 Å². The second-order valence-corrected chi connectivity index (χ2v) is 11.6. The van der Waals surface area contributed by atoms with Crippen molar-refractivity contribution in [3.8, 4) is 0 Å².